The molecule has 1 aliphatic rings. The topological polar surface area (TPSA) is 106 Å². The Hall–Kier alpha value is -1.12. The van der Waals surface area contributed by atoms with Crippen LogP contribution >= 0.6 is 0 Å². The summed E-state index contributed by atoms with van der Waals surface area (Å²) in [5.41, 5.74) is 7.07. The Labute approximate surface area is 125 Å². The van der Waals surface area contributed by atoms with Crippen molar-refractivity contribution in [2.24, 2.45) is 5.73 Å². The molecule has 0 bridgehead atoms. The molecule has 8 heteroatoms. The van der Waals surface area contributed by atoms with E-state index in [1.807, 2.05) is 13.0 Å². The third kappa shape index (κ3) is 4.18. The lowest BCUT2D eigenvalue weighted by Crippen LogP contribution is -2.36. The van der Waals surface area contributed by atoms with Crippen molar-refractivity contribution in [2.45, 2.75) is 31.1 Å². The van der Waals surface area contributed by atoms with Crippen LogP contribution in [0.4, 0.5) is 5.69 Å². The number of hydrogen-bond donors (Lipinski definition) is 2. The standard InChI is InChI=1S/C13H20N2O4S2/c1-10(14)11-3-2-4-12(9-11)15-21(18,19)13-5-7-20(16,17)8-6-13/h2-4,9-10,13,15H,5-8,14H2,1H3. The van der Waals surface area contributed by atoms with Gasteiger partial charge in [0.2, 0.25) is 10.0 Å². The van der Waals surface area contributed by atoms with Crippen LogP contribution in [0.1, 0.15) is 31.4 Å². The van der Waals surface area contributed by atoms with Crippen LogP contribution in [0.2, 0.25) is 0 Å². The molecule has 1 saturated heterocycles. The first-order chi connectivity index (χ1) is 9.70. The van der Waals surface area contributed by atoms with E-state index in [4.69, 9.17) is 5.73 Å². The van der Waals surface area contributed by atoms with Crippen molar-refractivity contribution >= 4 is 25.5 Å². The Morgan fingerprint density at radius 1 is 1.29 bits per heavy atom. The molecule has 1 heterocycles. The molecule has 6 nitrogen and oxygen atoms in total. The highest BCUT2D eigenvalue weighted by atomic mass is 32.2. The number of nitrogens with two attached hydrogens (primary N) is 1. The SMILES string of the molecule is CC(N)c1cccc(NS(=O)(=O)C2CCS(=O)(=O)CC2)c1. The van der Waals surface area contributed by atoms with E-state index in [-0.39, 0.29) is 30.4 Å². The molecule has 1 unspecified atom stereocenters. The molecule has 1 atom stereocenters. The molecule has 1 aromatic rings. The predicted octanol–water partition coefficient (Wildman–Crippen LogP) is 1.03. The van der Waals surface area contributed by atoms with Gasteiger partial charge in [-0.1, -0.05) is 12.1 Å². The molecule has 1 fully saturated rings. The van der Waals surface area contributed by atoms with Crippen molar-refractivity contribution in [3.63, 3.8) is 0 Å². The van der Waals surface area contributed by atoms with Gasteiger partial charge in [-0.15, -0.1) is 0 Å². The predicted molar refractivity (Wildman–Crippen MR) is 83.3 cm³/mol. The molecule has 118 valence electrons. The minimum Gasteiger partial charge on any atom is -0.324 e. The lowest BCUT2D eigenvalue weighted by Gasteiger charge is -2.23. The van der Waals surface area contributed by atoms with Crippen molar-refractivity contribution in [3.05, 3.63) is 29.8 Å². The first-order valence-electron chi connectivity index (χ1n) is 6.77. The molecule has 1 aromatic carbocycles. The highest BCUT2D eigenvalue weighted by Gasteiger charge is 2.32. The minimum absolute atomic E-state index is 0.0710. The molecule has 1 aliphatic heterocycles. The first kappa shape index (κ1) is 16.3. The molecular formula is C13H20N2O4S2. The Morgan fingerprint density at radius 2 is 1.90 bits per heavy atom. The lowest BCUT2D eigenvalue weighted by molar-refractivity contribution is 0.555. The van der Waals surface area contributed by atoms with E-state index in [1.165, 1.54) is 0 Å². The van der Waals surface area contributed by atoms with Crippen molar-refractivity contribution in [1.82, 2.24) is 0 Å². The normalized spacial score (nSPS) is 20.9. The fourth-order valence-corrected chi connectivity index (χ4v) is 5.58. The summed E-state index contributed by atoms with van der Waals surface area (Å²) in [4.78, 5) is 0. The van der Waals surface area contributed by atoms with Gasteiger partial charge < -0.3 is 5.73 Å². The number of hydrogen-bond acceptors (Lipinski definition) is 5. The van der Waals surface area contributed by atoms with Crippen molar-refractivity contribution in [3.8, 4) is 0 Å². The second kappa shape index (κ2) is 5.94. The summed E-state index contributed by atoms with van der Waals surface area (Å²) in [5, 5.41) is -0.667. The van der Waals surface area contributed by atoms with Crippen LogP contribution in [0.25, 0.3) is 0 Å². The average Bonchev–Trinajstić information content (AvgIpc) is 2.37. The maximum atomic E-state index is 12.3. The van der Waals surface area contributed by atoms with Crippen LogP contribution in [0.15, 0.2) is 24.3 Å². The second-order valence-corrected chi connectivity index (χ2v) is 9.68. The number of sulfone groups is 1. The van der Waals surface area contributed by atoms with Gasteiger partial charge in [-0.25, -0.2) is 16.8 Å². The number of rotatable bonds is 4. The van der Waals surface area contributed by atoms with Crippen LogP contribution < -0.4 is 10.5 Å². The Bertz CT molecular complexity index is 697. The Balaban J connectivity index is 2.13. The number of nitrogens with one attached hydrogen (secondary N) is 1. The van der Waals surface area contributed by atoms with Gasteiger partial charge >= 0.3 is 0 Å². The number of sulfonamides is 1. The molecule has 0 saturated carbocycles. The maximum Gasteiger partial charge on any atom is 0.235 e. The summed E-state index contributed by atoms with van der Waals surface area (Å²) in [7, 11) is -6.66. The number of anilines is 1. The van der Waals surface area contributed by atoms with E-state index in [0.717, 1.165) is 5.56 Å². The summed E-state index contributed by atoms with van der Waals surface area (Å²) in [6.45, 7) is 1.82. The number of benzene rings is 1. The van der Waals surface area contributed by atoms with E-state index in [9.17, 15) is 16.8 Å². The maximum absolute atomic E-state index is 12.3. The van der Waals surface area contributed by atoms with Crippen LogP contribution in [0.5, 0.6) is 0 Å². The summed E-state index contributed by atoms with van der Waals surface area (Å²) in [6.07, 6.45) is 0.287. The first-order valence-corrected chi connectivity index (χ1v) is 10.1. The molecule has 21 heavy (non-hydrogen) atoms. The van der Waals surface area contributed by atoms with Crippen molar-refractivity contribution < 1.29 is 16.8 Å². The van der Waals surface area contributed by atoms with Crippen molar-refractivity contribution in [1.29, 1.82) is 0 Å². The van der Waals surface area contributed by atoms with Crippen LogP contribution in [0, 0.1) is 0 Å². The minimum atomic E-state index is -3.58. The third-order valence-electron chi connectivity index (χ3n) is 3.61. The zero-order valence-electron chi connectivity index (χ0n) is 11.8. The quantitative estimate of drug-likeness (QED) is 0.856. The van der Waals surface area contributed by atoms with Gasteiger partial charge in [0, 0.05) is 11.7 Å². The van der Waals surface area contributed by atoms with Gasteiger partial charge in [0.25, 0.3) is 0 Å². The van der Waals surface area contributed by atoms with Gasteiger partial charge in [0.15, 0.2) is 0 Å². The van der Waals surface area contributed by atoms with E-state index >= 15 is 0 Å². The zero-order chi connectivity index (χ0) is 15.7. The van der Waals surface area contributed by atoms with Gasteiger partial charge in [-0.3, -0.25) is 4.72 Å². The zero-order valence-corrected chi connectivity index (χ0v) is 13.5. The summed E-state index contributed by atoms with van der Waals surface area (Å²) in [5.74, 6) is -0.142. The molecular weight excluding hydrogens is 312 g/mol. The van der Waals surface area contributed by atoms with Gasteiger partial charge in [-0.05, 0) is 37.5 Å². The molecule has 3 N–H and O–H groups in total. The van der Waals surface area contributed by atoms with E-state index in [2.05, 4.69) is 4.72 Å². The Morgan fingerprint density at radius 3 is 2.48 bits per heavy atom. The highest BCUT2D eigenvalue weighted by molar-refractivity contribution is 7.94. The van der Waals surface area contributed by atoms with E-state index < -0.39 is 25.1 Å². The molecule has 0 amide bonds. The monoisotopic (exact) mass is 332 g/mol. The van der Waals surface area contributed by atoms with Gasteiger partial charge in [0.05, 0.1) is 16.8 Å². The summed E-state index contributed by atoms with van der Waals surface area (Å²) < 4.78 is 49.9. The fraction of sp³-hybridized carbons (Fsp3) is 0.538. The molecule has 2 rings (SSSR count). The van der Waals surface area contributed by atoms with Crippen LogP contribution in [-0.2, 0) is 19.9 Å². The molecule has 0 spiro atoms. The largest absolute Gasteiger partial charge is 0.324 e. The van der Waals surface area contributed by atoms with Gasteiger partial charge in [0.1, 0.15) is 9.84 Å². The molecule has 0 radical (unpaired) electrons. The second-order valence-electron chi connectivity index (χ2n) is 5.41. The van der Waals surface area contributed by atoms with Crippen molar-refractivity contribution in [2.75, 3.05) is 16.2 Å². The molecule has 0 aliphatic carbocycles. The summed E-state index contributed by atoms with van der Waals surface area (Å²) in [6, 6.07) is 6.73. The highest BCUT2D eigenvalue weighted by Crippen LogP contribution is 2.23. The summed E-state index contributed by atoms with van der Waals surface area (Å²) >= 11 is 0. The van der Waals surface area contributed by atoms with E-state index in [0.29, 0.717) is 5.69 Å². The third-order valence-corrected chi connectivity index (χ3v) is 7.20. The van der Waals surface area contributed by atoms with Crippen LogP contribution in [-0.4, -0.2) is 33.6 Å². The average molecular weight is 332 g/mol. The van der Waals surface area contributed by atoms with Gasteiger partial charge in [-0.2, -0.15) is 0 Å². The Kier molecular flexibility index (Phi) is 4.60. The lowest BCUT2D eigenvalue weighted by atomic mass is 10.1. The van der Waals surface area contributed by atoms with Crippen LogP contribution in [0.3, 0.4) is 0 Å². The molecule has 0 aromatic heterocycles. The fourth-order valence-electron chi connectivity index (χ4n) is 2.31. The van der Waals surface area contributed by atoms with E-state index in [1.54, 1.807) is 18.2 Å². The smallest absolute Gasteiger partial charge is 0.235 e.